The van der Waals surface area contributed by atoms with Gasteiger partial charge in [-0.05, 0) is 24.8 Å². The highest BCUT2D eigenvalue weighted by Crippen LogP contribution is 2.37. The Bertz CT molecular complexity index is 691. The average molecular weight is 281 g/mol. The number of anilines is 2. The van der Waals surface area contributed by atoms with Crippen molar-refractivity contribution in [3.05, 3.63) is 30.5 Å². The first-order valence-corrected chi connectivity index (χ1v) is 7.78. The molecule has 4 heteroatoms. The molecule has 1 aromatic carbocycles. The van der Waals surface area contributed by atoms with Gasteiger partial charge < -0.3 is 10.6 Å². The van der Waals surface area contributed by atoms with Gasteiger partial charge in [-0.1, -0.05) is 37.5 Å². The largest absolute Gasteiger partial charge is 0.371 e. The zero-order chi connectivity index (χ0) is 14.2. The van der Waals surface area contributed by atoms with E-state index in [1.54, 1.807) is 6.20 Å². The van der Waals surface area contributed by atoms with Gasteiger partial charge in [-0.15, -0.1) is 0 Å². The molecule has 1 amide bonds. The summed E-state index contributed by atoms with van der Waals surface area (Å²) < 4.78 is 0. The Labute approximate surface area is 124 Å². The Kier molecular flexibility index (Phi) is 3.02. The predicted octanol–water partition coefficient (Wildman–Crippen LogP) is 3.55. The van der Waals surface area contributed by atoms with Crippen LogP contribution in [0.5, 0.6) is 0 Å². The molecule has 2 N–H and O–H groups in total. The average Bonchev–Trinajstić information content (AvgIpc) is 2.55. The number of rotatable bonds is 1. The van der Waals surface area contributed by atoms with Crippen LogP contribution >= 0.6 is 0 Å². The normalized spacial score (nSPS) is 22.5. The minimum Gasteiger partial charge on any atom is -0.371 e. The number of nitrogens with zero attached hydrogens (tertiary/aromatic N) is 1. The lowest BCUT2D eigenvalue weighted by Gasteiger charge is -2.34. The summed E-state index contributed by atoms with van der Waals surface area (Å²) >= 11 is 0. The van der Waals surface area contributed by atoms with E-state index in [2.05, 4.69) is 21.7 Å². The van der Waals surface area contributed by atoms with E-state index < -0.39 is 0 Å². The van der Waals surface area contributed by atoms with Crippen LogP contribution in [0, 0.1) is 5.92 Å². The number of aromatic nitrogens is 1. The summed E-state index contributed by atoms with van der Waals surface area (Å²) in [7, 11) is 0. The first kappa shape index (κ1) is 12.6. The highest BCUT2D eigenvalue weighted by molar-refractivity contribution is 6.09. The summed E-state index contributed by atoms with van der Waals surface area (Å²) in [6.45, 7) is 0. The van der Waals surface area contributed by atoms with Crippen LogP contribution < -0.4 is 10.6 Å². The van der Waals surface area contributed by atoms with Crippen LogP contribution in [0.15, 0.2) is 30.5 Å². The van der Waals surface area contributed by atoms with E-state index in [1.807, 2.05) is 18.2 Å². The van der Waals surface area contributed by atoms with Gasteiger partial charge in [0, 0.05) is 5.39 Å². The fourth-order valence-electron chi connectivity index (χ4n) is 3.62. The number of carbonyl (C=O) groups is 1. The second-order valence-electron chi connectivity index (χ2n) is 6.07. The molecule has 108 valence electrons. The lowest BCUT2D eigenvalue weighted by molar-refractivity contribution is -0.118. The van der Waals surface area contributed by atoms with Gasteiger partial charge in [-0.25, -0.2) is 0 Å². The smallest absolute Gasteiger partial charge is 0.247 e. The number of pyridine rings is 1. The molecule has 2 aliphatic rings. The van der Waals surface area contributed by atoms with Crippen molar-refractivity contribution in [3.63, 3.8) is 0 Å². The molecule has 0 radical (unpaired) electrons. The molecular weight excluding hydrogens is 262 g/mol. The number of amides is 1. The molecule has 1 unspecified atom stereocenters. The molecule has 2 aromatic rings. The van der Waals surface area contributed by atoms with Gasteiger partial charge in [-0.2, -0.15) is 0 Å². The SMILES string of the molecule is O=C1Nc2cnc3ccccc3c2NC1C1CCCCC1. The molecule has 2 heterocycles. The first-order chi connectivity index (χ1) is 10.3. The number of carbonyl (C=O) groups excluding carboxylic acids is 1. The molecule has 0 spiro atoms. The highest BCUT2D eigenvalue weighted by Gasteiger charge is 2.33. The van der Waals surface area contributed by atoms with Gasteiger partial charge in [0.25, 0.3) is 0 Å². The van der Waals surface area contributed by atoms with Crippen molar-refractivity contribution in [2.75, 3.05) is 10.6 Å². The molecule has 1 aromatic heterocycles. The first-order valence-electron chi connectivity index (χ1n) is 7.78. The fourth-order valence-corrected chi connectivity index (χ4v) is 3.62. The molecule has 1 aliphatic carbocycles. The Morgan fingerprint density at radius 1 is 1.10 bits per heavy atom. The maximum atomic E-state index is 12.4. The lowest BCUT2D eigenvalue weighted by atomic mass is 9.82. The van der Waals surface area contributed by atoms with Crippen LogP contribution in [0.2, 0.25) is 0 Å². The van der Waals surface area contributed by atoms with Crippen LogP contribution in [0.4, 0.5) is 11.4 Å². The van der Waals surface area contributed by atoms with Gasteiger partial charge >= 0.3 is 0 Å². The molecule has 1 saturated carbocycles. The third-order valence-corrected chi connectivity index (χ3v) is 4.74. The van der Waals surface area contributed by atoms with Crippen LogP contribution in [0.1, 0.15) is 32.1 Å². The van der Waals surface area contributed by atoms with E-state index in [1.165, 1.54) is 19.3 Å². The highest BCUT2D eigenvalue weighted by atomic mass is 16.2. The number of para-hydroxylation sites is 1. The lowest BCUT2D eigenvalue weighted by Crippen LogP contribution is -2.44. The molecule has 0 bridgehead atoms. The van der Waals surface area contributed by atoms with Crippen LogP contribution in [-0.4, -0.2) is 16.9 Å². The van der Waals surface area contributed by atoms with Crippen molar-refractivity contribution in [1.82, 2.24) is 4.98 Å². The molecule has 4 rings (SSSR count). The molecule has 4 nitrogen and oxygen atoms in total. The molecule has 0 saturated heterocycles. The molecule has 1 atom stereocenters. The zero-order valence-electron chi connectivity index (χ0n) is 11.9. The standard InChI is InChI=1S/C17H19N3O/c21-17-15(11-6-2-1-3-7-11)20-16-12-8-4-5-9-13(12)18-10-14(16)19-17/h4-5,8-11,15,20H,1-3,6-7H2,(H,19,21). The molecule has 1 aliphatic heterocycles. The van der Waals surface area contributed by atoms with E-state index in [9.17, 15) is 4.79 Å². The number of nitrogens with one attached hydrogen (secondary N) is 2. The maximum absolute atomic E-state index is 12.4. The Balaban J connectivity index is 1.74. The van der Waals surface area contributed by atoms with Crippen LogP contribution in [-0.2, 0) is 4.79 Å². The number of hydrogen-bond donors (Lipinski definition) is 2. The second-order valence-corrected chi connectivity index (χ2v) is 6.07. The summed E-state index contributed by atoms with van der Waals surface area (Å²) in [5, 5.41) is 7.62. The second kappa shape index (κ2) is 5.02. The van der Waals surface area contributed by atoms with E-state index in [0.717, 1.165) is 35.1 Å². The van der Waals surface area contributed by atoms with Crippen molar-refractivity contribution in [2.45, 2.75) is 38.1 Å². The fraction of sp³-hybridized carbons (Fsp3) is 0.412. The van der Waals surface area contributed by atoms with Crippen molar-refractivity contribution >= 4 is 28.2 Å². The number of fused-ring (bicyclic) bond motifs is 3. The van der Waals surface area contributed by atoms with Gasteiger partial charge in [0.2, 0.25) is 5.91 Å². The van der Waals surface area contributed by atoms with Crippen LogP contribution in [0.25, 0.3) is 10.9 Å². The minimum atomic E-state index is -0.108. The van der Waals surface area contributed by atoms with Gasteiger partial charge in [0.1, 0.15) is 6.04 Å². The van der Waals surface area contributed by atoms with E-state index in [-0.39, 0.29) is 11.9 Å². The quantitative estimate of drug-likeness (QED) is 0.840. The topological polar surface area (TPSA) is 54.0 Å². The number of hydrogen-bond acceptors (Lipinski definition) is 3. The van der Waals surface area contributed by atoms with Crippen molar-refractivity contribution in [1.29, 1.82) is 0 Å². The van der Waals surface area contributed by atoms with E-state index in [4.69, 9.17) is 0 Å². The third-order valence-electron chi connectivity index (χ3n) is 4.74. The Hall–Kier alpha value is -2.10. The van der Waals surface area contributed by atoms with Gasteiger partial charge in [0.05, 0.1) is 23.1 Å². The van der Waals surface area contributed by atoms with E-state index in [0.29, 0.717) is 5.92 Å². The van der Waals surface area contributed by atoms with Crippen molar-refractivity contribution in [3.8, 4) is 0 Å². The molecule has 21 heavy (non-hydrogen) atoms. The Morgan fingerprint density at radius 3 is 2.76 bits per heavy atom. The monoisotopic (exact) mass is 281 g/mol. The van der Waals surface area contributed by atoms with Crippen molar-refractivity contribution < 1.29 is 4.79 Å². The Morgan fingerprint density at radius 2 is 1.90 bits per heavy atom. The zero-order valence-corrected chi connectivity index (χ0v) is 11.9. The summed E-state index contributed by atoms with van der Waals surface area (Å²) in [5.41, 5.74) is 2.78. The summed E-state index contributed by atoms with van der Waals surface area (Å²) in [6.07, 6.45) is 7.81. The molecule has 1 fully saturated rings. The number of benzene rings is 1. The van der Waals surface area contributed by atoms with Crippen LogP contribution in [0.3, 0.4) is 0 Å². The summed E-state index contributed by atoms with van der Waals surface area (Å²) in [4.78, 5) is 16.8. The molecular formula is C17H19N3O. The summed E-state index contributed by atoms with van der Waals surface area (Å²) in [6, 6.07) is 7.95. The van der Waals surface area contributed by atoms with Crippen molar-refractivity contribution in [2.24, 2.45) is 5.92 Å². The van der Waals surface area contributed by atoms with Gasteiger partial charge in [-0.3, -0.25) is 9.78 Å². The summed E-state index contributed by atoms with van der Waals surface area (Å²) in [5.74, 6) is 0.533. The minimum absolute atomic E-state index is 0.0893. The van der Waals surface area contributed by atoms with E-state index >= 15 is 0 Å². The van der Waals surface area contributed by atoms with Gasteiger partial charge in [0.15, 0.2) is 0 Å². The maximum Gasteiger partial charge on any atom is 0.247 e. The third kappa shape index (κ3) is 2.15. The predicted molar refractivity (Wildman–Crippen MR) is 84.4 cm³/mol.